The highest BCUT2D eigenvalue weighted by atomic mass is 19.4. The minimum absolute atomic E-state index is 0.178. The molecular weight excluding hydrogens is 427 g/mol. The lowest BCUT2D eigenvalue weighted by atomic mass is 10.0. The molecule has 0 spiro atoms. The predicted molar refractivity (Wildman–Crippen MR) is 120 cm³/mol. The van der Waals surface area contributed by atoms with E-state index in [9.17, 15) is 18.0 Å². The number of fused-ring (bicyclic) bond motifs is 3. The van der Waals surface area contributed by atoms with E-state index in [0.29, 0.717) is 6.04 Å². The molecular formula is C26H26F3N3O+2. The number of benzene rings is 3. The average molecular weight is 454 g/mol. The Morgan fingerprint density at radius 2 is 1.45 bits per heavy atom. The van der Waals surface area contributed by atoms with Gasteiger partial charge in [-0.15, -0.1) is 0 Å². The van der Waals surface area contributed by atoms with Gasteiger partial charge in [-0.3, -0.25) is 4.79 Å². The molecule has 1 aliphatic carbocycles. The monoisotopic (exact) mass is 453 g/mol. The summed E-state index contributed by atoms with van der Waals surface area (Å²) in [4.78, 5) is 15.1. The Labute approximate surface area is 190 Å². The van der Waals surface area contributed by atoms with E-state index in [1.165, 1.54) is 39.3 Å². The zero-order chi connectivity index (χ0) is 23.0. The highest BCUT2D eigenvalue weighted by Gasteiger charge is 2.38. The maximum Gasteiger partial charge on any atom is 0.416 e. The van der Waals surface area contributed by atoms with Crippen LogP contribution in [0.15, 0.2) is 72.8 Å². The van der Waals surface area contributed by atoms with Crippen LogP contribution in [0, 0.1) is 0 Å². The Kier molecular flexibility index (Phi) is 5.68. The van der Waals surface area contributed by atoms with Crippen molar-refractivity contribution in [2.45, 2.75) is 12.2 Å². The lowest BCUT2D eigenvalue weighted by molar-refractivity contribution is -1.02. The molecule has 1 heterocycles. The van der Waals surface area contributed by atoms with E-state index >= 15 is 0 Å². The summed E-state index contributed by atoms with van der Waals surface area (Å²) in [6.45, 7) is 3.79. The maximum atomic E-state index is 12.9. The van der Waals surface area contributed by atoms with Gasteiger partial charge in [-0.05, 0) is 29.3 Å². The fourth-order valence-corrected chi connectivity index (χ4v) is 5.19. The van der Waals surface area contributed by atoms with Gasteiger partial charge in [0.25, 0.3) is 5.91 Å². The van der Waals surface area contributed by atoms with Crippen molar-refractivity contribution in [2.75, 3.05) is 38.0 Å². The molecule has 1 aliphatic heterocycles. The Morgan fingerprint density at radius 3 is 2.06 bits per heavy atom. The van der Waals surface area contributed by atoms with Crippen LogP contribution in [0.4, 0.5) is 18.9 Å². The molecule has 0 atom stereocenters. The fraction of sp³-hybridized carbons (Fsp3) is 0.269. The standard InChI is InChI=1S/C26H24F3N3O/c27-26(28,29)18-6-5-7-19(16-18)30-24(33)17-31-12-14-32(15-13-31)25-22-10-3-1-8-20(22)21-9-2-4-11-23(21)25/h1-11,16,25H,12-15,17H2,(H,30,33)/p+2. The number of alkyl halides is 3. The van der Waals surface area contributed by atoms with E-state index in [-0.39, 0.29) is 18.1 Å². The zero-order valence-corrected chi connectivity index (χ0v) is 18.1. The van der Waals surface area contributed by atoms with Crippen molar-refractivity contribution in [3.63, 3.8) is 0 Å². The van der Waals surface area contributed by atoms with E-state index in [4.69, 9.17) is 0 Å². The summed E-state index contributed by atoms with van der Waals surface area (Å²) < 4.78 is 38.7. The molecule has 0 aromatic heterocycles. The third kappa shape index (κ3) is 4.38. The van der Waals surface area contributed by atoms with Gasteiger partial charge in [-0.1, -0.05) is 54.6 Å². The largest absolute Gasteiger partial charge is 0.416 e. The molecule has 3 aromatic rings. The highest BCUT2D eigenvalue weighted by Crippen LogP contribution is 2.41. The van der Waals surface area contributed by atoms with Gasteiger partial charge in [0.2, 0.25) is 0 Å². The summed E-state index contributed by atoms with van der Waals surface area (Å²) in [5.41, 5.74) is 4.75. The minimum Gasteiger partial charge on any atom is -0.321 e. The van der Waals surface area contributed by atoms with Crippen molar-refractivity contribution in [1.82, 2.24) is 0 Å². The van der Waals surface area contributed by atoms with Crippen LogP contribution in [-0.2, 0) is 11.0 Å². The van der Waals surface area contributed by atoms with Crippen molar-refractivity contribution < 1.29 is 27.8 Å². The molecule has 7 heteroatoms. The van der Waals surface area contributed by atoms with Crippen molar-refractivity contribution in [3.05, 3.63) is 89.5 Å². The number of carbonyl (C=O) groups excluding carboxylic acids is 1. The van der Waals surface area contributed by atoms with Gasteiger partial charge in [0.15, 0.2) is 6.54 Å². The van der Waals surface area contributed by atoms with Crippen LogP contribution in [0.3, 0.4) is 0 Å². The number of nitrogens with one attached hydrogen (secondary N) is 3. The second-order valence-electron chi connectivity index (χ2n) is 8.82. The van der Waals surface area contributed by atoms with Gasteiger partial charge in [-0.2, -0.15) is 13.2 Å². The number of amides is 1. The highest BCUT2D eigenvalue weighted by molar-refractivity contribution is 5.91. The van der Waals surface area contributed by atoms with E-state index in [0.717, 1.165) is 43.2 Å². The third-order valence-electron chi connectivity index (χ3n) is 6.73. The number of hydrogen-bond acceptors (Lipinski definition) is 1. The van der Waals surface area contributed by atoms with Gasteiger partial charge in [0, 0.05) is 16.8 Å². The van der Waals surface area contributed by atoms with Gasteiger partial charge in [0.1, 0.15) is 32.2 Å². The van der Waals surface area contributed by atoms with E-state index in [2.05, 4.69) is 53.8 Å². The van der Waals surface area contributed by atoms with Crippen LogP contribution in [0.1, 0.15) is 22.7 Å². The van der Waals surface area contributed by atoms with Gasteiger partial charge >= 0.3 is 6.18 Å². The van der Waals surface area contributed by atoms with Crippen LogP contribution in [0.25, 0.3) is 11.1 Å². The first-order valence-electron chi connectivity index (χ1n) is 11.2. The maximum absolute atomic E-state index is 12.9. The SMILES string of the molecule is O=C(C[NH+]1CC[NH+](C2c3ccccc3-c3ccccc32)CC1)Nc1cccc(C(F)(F)F)c1. The third-order valence-corrected chi connectivity index (χ3v) is 6.73. The molecule has 3 N–H and O–H groups in total. The second kappa shape index (κ2) is 8.65. The number of hydrogen-bond donors (Lipinski definition) is 3. The summed E-state index contributed by atoms with van der Waals surface area (Å²) in [6, 6.07) is 22.2. The molecule has 1 fully saturated rings. The summed E-state index contributed by atoms with van der Waals surface area (Å²) in [6.07, 6.45) is -4.43. The number of halogens is 3. The van der Waals surface area contributed by atoms with Crippen LogP contribution in [0.2, 0.25) is 0 Å². The molecule has 0 radical (unpaired) electrons. The molecule has 3 aromatic carbocycles. The predicted octanol–water partition coefficient (Wildman–Crippen LogP) is 2.20. The smallest absolute Gasteiger partial charge is 0.321 e. The molecule has 0 unspecified atom stereocenters. The average Bonchev–Trinajstić information content (AvgIpc) is 3.14. The molecule has 0 bridgehead atoms. The molecule has 170 valence electrons. The molecule has 33 heavy (non-hydrogen) atoms. The van der Waals surface area contributed by atoms with Crippen LogP contribution in [-0.4, -0.2) is 38.6 Å². The summed E-state index contributed by atoms with van der Waals surface area (Å²) >= 11 is 0. The molecule has 1 saturated heterocycles. The molecule has 1 amide bonds. The number of anilines is 1. The summed E-state index contributed by atoms with van der Waals surface area (Å²) in [5, 5.41) is 2.63. The van der Waals surface area contributed by atoms with Gasteiger partial charge in [0.05, 0.1) is 5.56 Å². The first kappa shape index (κ1) is 21.7. The summed E-state index contributed by atoms with van der Waals surface area (Å²) in [7, 11) is 0. The molecule has 5 rings (SSSR count). The van der Waals surface area contributed by atoms with Crippen LogP contribution < -0.4 is 15.1 Å². The van der Waals surface area contributed by atoms with Crippen molar-refractivity contribution >= 4 is 11.6 Å². The Hall–Kier alpha value is -3.16. The molecule has 4 nitrogen and oxygen atoms in total. The Morgan fingerprint density at radius 1 is 0.848 bits per heavy atom. The van der Waals surface area contributed by atoms with E-state index in [1.807, 2.05) is 0 Å². The first-order valence-corrected chi connectivity index (χ1v) is 11.2. The topological polar surface area (TPSA) is 38.0 Å². The van der Waals surface area contributed by atoms with Crippen LogP contribution >= 0.6 is 0 Å². The molecule has 0 saturated carbocycles. The fourth-order valence-electron chi connectivity index (χ4n) is 5.19. The van der Waals surface area contributed by atoms with E-state index < -0.39 is 11.7 Å². The van der Waals surface area contributed by atoms with Gasteiger partial charge < -0.3 is 15.1 Å². The Balaban J connectivity index is 1.21. The summed E-state index contributed by atoms with van der Waals surface area (Å²) in [5.74, 6) is -0.260. The second-order valence-corrected chi connectivity index (χ2v) is 8.82. The number of rotatable bonds is 4. The lowest BCUT2D eigenvalue weighted by Gasteiger charge is -2.33. The molecule has 2 aliphatic rings. The number of carbonyl (C=O) groups is 1. The van der Waals surface area contributed by atoms with Crippen molar-refractivity contribution in [1.29, 1.82) is 0 Å². The quantitative estimate of drug-likeness (QED) is 0.557. The minimum atomic E-state index is -4.43. The zero-order valence-electron chi connectivity index (χ0n) is 18.1. The lowest BCUT2D eigenvalue weighted by Crippen LogP contribution is -3.28. The number of quaternary nitrogens is 2. The van der Waals surface area contributed by atoms with Crippen molar-refractivity contribution in [3.8, 4) is 11.1 Å². The first-order chi connectivity index (χ1) is 15.9. The Bertz CT molecular complexity index is 1120. The number of piperazine rings is 1. The van der Waals surface area contributed by atoms with Crippen LogP contribution in [0.5, 0.6) is 0 Å². The van der Waals surface area contributed by atoms with Gasteiger partial charge in [-0.25, -0.2) is 0 Å². The normalized spacial score (nSPS) is 20.2. The van der Waals surface area contributed by atoms with E-state index in [1.54, 1.807) is 0 Å². The van der Waals surface area contributed by atoms with Crippen molar-refractivity contribution in [2.24, 2.45) is 0 Å².